The van der Waals surface area contributed by atoms with Gasteiger partial charge in [0.2, 0.25) is 0 Å². The fourth-order valence-electron chi connectivity index (χ4n) is 7.62. The third-order valence-corrected chi connectivity index (χ3v) is 12.1. The Hall–Kier alpha value is 0.500. The van der Waals surface area contributed by atoms with Gasteiger partial charge >= 0.3 is 0 Å². The number of fused-ring (bicyclic) bond motifs is 8. The maximum absolute atomic E-state index is 14.0. The third kappa shape index (κ3) is 2.01. The van der Waals surface area contributed by atoms with Gasteiger partial charge in [0.1, 0.15) is 19.5 Å². The number of carbonyl (C=O) groups excluding carboxylic acids is 2. The monoisotopic (exact) mass is 464 g/mol. The molecule has 0 spiro atoms. The van der Waals surface area contributed by atoms with Gasteiger partial charge in [0.05, 0.1) is 0 Å². The van der Waals surface area contributed by atoms with Crippen molar-refractivity contribution in [3.8, 4) is 0 Å². The van der Waals surface area contributed by atoms with Crippen molar-refractivity contribution >= 4 is 58.0 Å². The number of hydrogen-bond donors (Lipinski definition) is 0. The van der Waals surface area contributed by atoms with Gasteiger partial charge < -0.3 is 0 Å². The van der Waals surface area contributed by atoms with E-state index in [2.05, 4.69) is 0 Å². The first-order valence-corrected chi connectivity index (χ1v) is 12.6. The van der Waals surface area contributed by atoms with Crippen molar-refractivity contribution in [2.75, 3.05) is 0 Å². The molecule has 0 aromatic rings. The SMILES string of the molecule is O=C1C2(Cl)C3CCCCCCC3C2(Cl)C(=O)C2(Cl)C3CCCCCCC3C12Cl. The highest BCUT2D eigenvalue weighted by Crippen LogP contribution is 2.77. The van der Waals surface area contributed by atoms with E-state index in [4.69, 9.17) is 46.4 Å². The number of carbonyl (C=O) groups is 2. The fraction of sp³-hybridized carbons (Fsp3) is 0.909. The van der Waals surface area contributed by atoms with Gasteiger partial charge in [-0.25, -0.2) is 0 Å². The molecule has 5 fully saturated rings. The Labute approximate surface area is 187 Å². The van der Waals surface area contributed by atoms with Crippen LogP contribution in [0.3, 0.4) is 0 Å². The number of rotatable bonds is 0. The van der Waals surface area contributed by atoms with E-state index < -0.39 is 19.5 Å². The van der Waals surface area contributed by atoms with Crippen LogP contribution in [-0.2, 0) is 9.59 Å². The Morgan fingerprint density at radius 2 is 0.679 bits per heavy atom. The van der Waals surface area contributed by atoms with E-state index >= 15 is 0 Å². The lowest BCUT2D eigenvalue weighted by Crippen LogP contribution is -2.93. The highest BCUT2D eigenvalue weighted by Gasteiger charge is 2.92. The second kappa shape index (κ2) is 6.50. The molecular formula is C22H28Cl4O2. The van der Waals surface area contributed by atoms with Gasteiger partial charge in [-0.05, 0) is 49.4 Å². The van der Waals surface area contributed by atoms with E-state index in [-0.39, 0.29) is 35.2 Å². The van der Waals surface area contributed by atoms with Gasteiger partial charge in [0, 0.05) is 0 Å². The maximum Gasteiger partial charge on any atom is 0.179 e. The summed E-state index contributed by atoms with van der Waals surface area (Å²) in [6.07, 6.45) is 12.1. The van der Waals surface area contributed by atoms with Crippen LogP contribution in [0.25, 0.3) is 0 Å². The second-order valence-corrected chi connectivity index (χ2v) is 12.3. The molecule has 0 amide bonds. The van der Waals surface area contributed by atoms with Crippen molar-refractivity contribution in [1.82, 2.24) is 0 Å². The van der Waals surface area contributed by atoms with E-state index in [1.165, 1.54) is 0 Å². The van der Waals surface area contributed by atoms with Crippen molar-refractivity contribution in [3.05, 3.63) is 0 Å². The number of hydrogen-bond acceptors (Lipinski definition) is 2. The van der Waals surface area contributed by atoms with Gasteiger partial charge in [-0.2, -0.15) is 0 Å². The van der Waals surface area contributed by atoms with Crippen LogP contribution >= 0.6 is 46.4 Å². The summed E-state index contributed by atoms with van der Waals surface area (Å²) in [4.78, 5) is 22.4. The predicted molar refractivity (Wildman–Crippen MR) is 114 cm³/mol. The fourth-order valence-corrected chi connectivity index (χ4v) is 10.3. The number of halogens is 4. The van der Waals surface area contributed by atoms with Gasteiger partial charge in [-0.3, -0.25) is 9.59 Å². The average molecular weight is 466 g/mol. The first-order chi connectivity index (χ1) is 13.3. The molecule has 5 rings (SSSR count). The first-order valence-electron chi connectivity index (χ1n) is 11.1. The van der Waals surface area contributed by atoms with Crippen molar-refractivity contribution in [2.24, 2.45) is 23.7 Å². The average Bonchev–Trinajstić information content (AvgIpc) is 2.64. The molecule has 0 radical (unpaired) electrons. The molecule has 0 aromatic heterocycles. The summed E-state index contributed by atoms with van der Waals surface area (Å²) in [5, 5.41) is 0. The topological polar surface area (TPSA) is 34.1 Å². The second-order valence-electron chi connectivity index (χ2n) is 9.91. The highest BCUT2D eigenvalue weighted by atomic mass is 35.5. The lowest BCUT2D eigenvalue weighted by molar-refractivity contribution is -0.173. The molecule has 2 nitrogen and oxygen atoms in total. The van der Waals surface area contributed by atoms with Gasteiger partial charge in [-0.1, -0.05) is 51.4 Å². The Kier molecular flexibility index (Phi) is 4.74. The normalized spacial score (nSPS) is 56.3. The smallest absolute Gasteiger partial charge is 0.179 e. The molecule has 8 unspecified atom stereocenters. The van der Waals surface area contributed by atoms with Crippen LogP contribution in [0.2, 0.25) is 0 Å². The zero-order valence-electron chi connectivity index (χ0n) is 16.1. The van der Waals surface area contributed by atoms with Crippen LogP contribution in [0.5, 0.6) is 0 Å². The Morgan fingerprint density at radius 1 is 0.464 bits per heavy atom. The zero-order chi connectivity index (χ0) is 19.9. The lowest BCUT2D eigenvalue weighted by Gasteiger charge is -2.75. The molecule has 5 aliphatic rings. The molecule has 0 saturated heterocycles. The summed E-state index contributed by atoms with van der Waals surface area (Å²) in [6, 6.07) is 0. The third-order valence-electron chi connectivity index (χ3n) is 8.96. The van der Waals surface area contributed by atoms with E-state index in [0.717, 1.165) is 77.0 Å². The van der Waals surface area contributed by atoms with Gasteiger partial charge in [0.15, 0.2) is 11.6 Å². The van der Waals surface area contributed by atoms with Crippen LogP contribution in [0.1, 0.15) is 77.0 Å². The molecule has 5 saturated carbocycles. The molecule has 8 atom stereocenters. The summed E-state index contributed by atoms with van der Waals surface area (Å²) in [5.41, 5.74) is 0. The molecular weight excluding hydrogens is 438 g/mol. The predicted octanol–water partition coefficient (Wildman–Crippen LogP) is 6.25. The van der Waals surface area contributed by atoms with E-state index in [1.807, 2.05) is 0 Å². The summed E-state index contributed by atoms with van der Waals surface area (Å²) >= 11 is 28.4. The Bertz CT molecular complexity index is 611. The van der Waals surface area contributed by atoms with Gasteiger partial charge in [-0.15, -0.1) is 46.4 Å². The maximum atomic E-state index is 14.0. The quantitative estimate of drug-likeness (QED) is 0.396. The number of Topliss-reactive ketones (excluding diaryl/α,β-unsaturated/α-hetero) is 2. The van der Waals surface area contributed by atoms with Crippen LogP contribution in [0.15, 0.2) is 0 Å². The minimum atomic E-state index is -1.39. The number of alkyl halides is 4. The Balaban J connectivity index is 1.61. The molecule has 0 heterocycles. The summed E-state index contributed by atoms with van der Waals surface area (Å²) < 4.78 is 0. The Morgan fingerprint density at radius 3 is 0.893 bits per heavy atom. The van der Waals surface area contributed by atoms with Crippen molar-refractivity contribution in [3.63, 3.8) is 0 Å². The zero-order valence-corrected chi connectivity index (χ0v) is 19.1. The van der Waals surface area contributed by atoms with E-state index in [1.54, 1.807) is 0 Å². The van der Waals surface area contributed by atoms with E-state index in [9.17, 15) is 9.59 Å². The highest BCUT2D eigenvalue weighted by molar-refractivity contribution is 6.65. The van der Waals surface area contributed by atoms with Gasteiger partial charge in [0.25, 0.3) is 0 Å². The summed E-state index contributed by atoms with van der Waals surface area (Å²) in [5.74, 6) is -0.727. The summed E-state index contributed by atoms with van der Waals surface area (Å²) in [7, 11) is 0. The minimum absolute atomic E-state index is 0.0622. The lowest BCUT2D eigenvalue weighted by atomic mass is 9.36. The van der Waals surface area contributed by atoms with Crippen molar-refractivity contribution in [2.45, 2.75) is 96.5 Å². The standard InChI is InChI=1S/C22H28Cl4O2/c23-19-13-9-5-1-2-6-10-14(13)20(19,24)18(28)22(26)16-12-8-4-3-7-11-15(16)21(22,25)17(19)27/h13-16H,1-12H2. The molecule has 5 aliphatic carbocycles. The molecule has 156 valence electrons. The van der Waals surface area contributed by atoms with E-state index in [0.29, 0.717) is 0 Å². The minimum Gasteiger partial charge on any atom is -0.296 e. The largest absolute Gasteiger partial charge is 0.296 e. The molecule has 0 aromatic carbocycles. The molecule has 0 N–H and O–H groups in total. The molecule has 0 aliphatic heterocycles. The molecule has 6 heteroatoms. The molecule has 28 heavy (non-hydrogen) atoms. The van der Waals surface area contributed by atoms with Crippen LogP contribution in [0.4, 0.5) is 0 Å². The van der Waals surface area contributed by atoms with Crippen molar-refractivity contribution in [1.29, 1.82) is 0 Å². The molecule has 0 bridgehead atoms. The first kappa shape index (κ1) is 20.4. The van der Waals surface area contributed by atoms with Crippen LogP contribution < -0.4 is 0 Å². The summed E-state index contributed by atoms with van der Waals surface area (Å²) in [6.45, 7) is 0. The van der Waals surface area contributed by atoms with Crippen LogP contribution in [-0.4, -0.2) is 31.1 Å². The van der Waals surface area contributed by atoms with Crippen LogP contribution in [0, 0.1) is 23.7 Å². The number of ketones is 2. The van der Waals surface area contributed by atoms with Crippen molar-refractivity contribution < 1.29 is 9.59 Å².